The molecule has 24 heavy (non-hydrogen) atoms. The van der Waals surface area contributed by atoms with Gasteiger partial charge < -0.3 is 5.11 Å². The number of carboxylic acid groups (broad SMARTS) is 1. The molecule has 126 valence electrons. The zero-order chi connectivity index (χ0) is 17.6. The number of aryl methyl sites for hydroxylation is 1. The van der Waals surface area contributed by atoms with Gasteiger partial charge in [-0.1, -0.05) is 67.6 Å². The van der Waals surface area contributed by atoms with E-state index in [0.29, 0.717) is 6.42 Å². The molecule has 0 heterocycles. The van der Waals surface area contributed by atoms with Gasteiger partial charge >= 0.3 is 14.0 Å². The second-order valence-corrected chi connectivity index (χ2v) is 7.51. The number of aliphatic carboxylic acids is 1. The van der Waals surface area contributed by atoms with Gasteiger partial charge in [-0.25, -0.2) is 4.79 Å². The van der Waals surface area contributed by atoms with E-state index in [9.17, 15) is 19.4 Å². The monoisotopic (exact) mass is 345 g/mol. The molecule has 5 heteroatoms. The lowest BCUT2D eigenvalue weighted by atomic mass is 9.86. The highest BCUT2D eigenvalue weighted by Gasteiger charge is 2.57. The van der Waals surface area contributed by atoms with E-state index in [1.807, 2.05) is 67.6 Å². The minimum Gasteiger partial charge on any atom is -0.478 e. The average molecular weight is 345 g/mol. The molecule has 0 aliphatic rings. The van der Waals surface area contributed by atoms with Crippen LogP contribution in [0.2, 0.25) is 0 Å². The summed E-state index contributed by atoms with van der Waals surface area (Å²) in [6, 6.07) is 18.9. The largest absolute Gasteiger partial charge is 0.523 e. The van der Waals surface area contributed by atoms with Crippen molar-refractivity contribution < 1.29 is 19.4 Å². The van der Waals surface area contributed by atoms with Crippen molar-refractivity contribution in [3.05, 3.63) is 71.8 Å². The van der Waals surface area contributed by atoms with Gasteiger partial charge in [0.25, 0.3) is 5.16 Å². The molecule has 2 aromatic carbocycles. The van der Waals surface area contributed by atoms with E-state index in [1.54, 1.807) is 0 Å². The molecular formula is C19H22O4P+. The van der Waals surface area contributed by atoms with Gasteiger partial charge in [-0.3, -0.25) is 0 Å². The second kappa shape index (κ2) is 8.18. The number of carboxylic acids is 1. The van der Waals surface area contributed by atoms with Crippen molar-refractivity contribution in [3.63, 3.8) is 0 Å². The summed E-state index contributed by atoms with van der Waals surface area (Å²) in [5, 5.41) is 8.09. The standard InChI is InChI=1S/C19H21O4P/c1-15(17-10-6-3-7-11-17)14-19(18(20)21,24(22)23)13-12-16-8-4-2-5-9-16/h2-11,15H,12-14H2,1H3,(H-,20,21,22,23)/p+1. The van der Waals surface area contributed by atoms with Crippen molar-refractivity contribution in [2.24, 2.45) is 0 Å². The van der Waals surface area contributed by atoms with Crippen LogP contribution in [-0.2, 0) is 15.8 Å². The quantitative estimate of drug-likeness (QED) is 0.697. The second-order valence-electron chi connectivity index (χ2n) is 6.11. The maximum absolute atomic E-state index is 12.0. The van der Waals surface area contributed by atoms with Crippen LogP contribution >= 0.6 is 8.03 Å². The predicted molar refractivity (Wildman–Crippen MR) is 94.4 cm³/mol. The maximum atomic E-state index is 12.0. The van der Waals surface area contributed by atoms with Crippen LogP contribution < -0.4 is 0 Å². The summed E-state index contributed by atoms with van der Waals surface area (Å²) in [4.78, 5) is 21.7. The number of carbonyl (C=O) groups is 1. The molecule has 0 saturated heterocycles. The Bertz CT molecular complexity index is 671. The van der Waals surface area contributed by atoms with E-state index in [0.717, 1.165) is 11.1 Å². The maximum Gasteiger partial charge on any atom is 0.523 e. The van der Waals surface area contributed by atoms with E-state index in [2.05, 4.69) is 0 Å². The zero-order valence-corrected chi connectivity index (χ0v) is 14.5. The van der Waals surface area contributed by atoms with E-state index >= 15 is 0 Å². The first-order valence-corrected chi connectivity index (χ1v) is 9.15. The van der Waals surface area contributed by atoms with Gasteiger partial charge in [-0.2, -0.15) is 4.89 Å². The Hall–Kier alpha value is -2.03. The third kappa shape index (κ3) is 4.28. The van der Waals surface area contributed by atoms with Crippen molar-refractivity contribution in [1.29, 1.82) is 0 Å². The van der Waals surface area contributed by atoms with Crippen LogP contribution in [0.5, 0.6) is 0 Å². The van der Waals surface area contributed by atoms with Crippen LogP contribution in [-0.4, -0.2) is 21.1 Å². The summed E-state index contributed by atoms with van der Waals surface area (Å²) in [5.41, 5.74) is 1.94. The van der Waals surface area contributed by atoms with Crippen LogP contribution in [0.1, 0.15) is 36.8 Å². The molecule has 0 aromatic heterocycles. The molecule has 0 radical (unpaired) electrons. The normalized spacial score (nSPS) is 15.3. The van der Waals surface area contributed by atoms with Crippen LogP contribution in [0.15, 0.2) is 60.7 Å². The fourth-order valence-electron chi connectivity index (χ4n) is 2.95. The van der Waals surface area contributed by atoms with Crippen LogP contribution in [0.3, 0.4) is 0 Å². The Labute approximate surface area is 143 Å². The Morgan fingerprint density at radius 3 is 2.12 bits per heavy atom. The molecule has 0 aliphatic carbocycles. The van der Waals surface area contributed by atoms with E-state index in [4.69, 9.17) is 0 Å². The molecule has 0 amide bonds. The fourth-order valence-corrected chi connectivity index (χ4v) is 3.85. The summed E-state index contributed by atoms with van der Waals surface area (Å²) < 4.78 is 12.0. The van der Waals surface area contributed by atoms with E-state index in [1.165, 1.54) is 0 Å². The average Bonchev–Trinajstić information content (AvgIpc) is 2.59. The number of rotatable bonds is 8. The van der Waals surface area contributed by atoms with E-state index in [-0.39, 0.29) is 18.8 Å². The van der Waals surface area contributed by atoms with Crippen molar-refractivity contribution in [1.82, 2.24) is 0 Å². The lowest BCUT2D eigenvalue weighted by molar-refractivity contribution is -0.140. The van der Waals surface area contributed by atoms with Gasteiger partial charge in [0.1, 0.15) is 0 Å². The minimum absolute atomic E-state index is 0.121. The smallest absolute Gasteiger partial charge is 0.478 e. The summed E-state index contributed by atoms with van der Waals surface area (Å²) in [7, 11) is -2.86. The Morgan fingerprint density at radius 1 is 1.08 bits per heavy atom. The summed E-state index contributed by atoms with van der Waals surface area (Å²) in [6.07, 6.45) is 0.719. The molecule has 2 N–H and O–H groups in total. The van der Waals surface area contributed by atoms with Crippen LogP contribution in [0, 0.1) is 0 Å². The van der Waals surface area contributed by atoms with Gasteiger partial charge in [-0.15, -0.1) is 0 Å². The molecule has 0 saturated carbocycles. The van der Waals surface area contributed by atoms with Crippen LogP contribution in [0.25, 0.3) is 0 Å². The van der Waals surface area contributed by atoms with Gasteiger partial charge in [-0.05, 0) is 28.0 Å². The molecule has 0 bridgehead atoms. The number of benzene rings is 2. The molecule has 2 aromatic rings. The fraction of sp³-hybridized carbons (Fsp3) is 0.316. The van der Waals surface area contributed by atoms with Crippen molar-refractivity contribution >= 4 is 14.0 Å². The molecule has 4 nitrogen and oxygen atoms in total. The first-order valence-electron chi connectivity index (χ1n) is 7.94. The Morgan fingerprint density at radius 2 is 1.62 bits per heavy atom. The molecule has 0 spiro atoms. The first kappa shape index (κ1) is 18.3. The molecule has 0 fully saturated rings. The third-order valence-electron chi connectivity index (χ3n) is 4.45. The Balaban J connectivity index is 2.23. The lowest BCUT2D eigenvalue weighted by Crippen LogP contribution is -2.37. The van der Waals surface area contributed by atoms with Crippen molar-refractivity contribution in [2.45, 2.75) is 37.3 Å². The van der Waals surface area contributed by atoms with Crippen molar-refractivity contribution in [2.75, 3.05) is 0 Å². The van der Waals surface area contributed by atoms with Gasteiger partial charge in [0.15, 0.2) is 0 Å². The summed E-state index contributed by atoms with van der Waals surface area (Å²) >= 11 is 0. The van der Waals surface area contributed by atoms with Gasteiger partial charge in [0, 0.05) is 12.8 Å². The Kier molecular flexibility index (Phi) is 6.24. The molecule has 0 aliphatic heterocycles. The predicted octanol–water partition coefficient (Wildman–Crippen LogP) is 4.37. The number of hydrogen-bond acceptors (Lipinski definition) is 2. The molecule has 2 rings (SSSR count). The summed E-state index contributed by atoms with van der Waals surface area (Å²) in [6.45, 7) is 1.90. The highest BCUT2D eigenvalue weighted by Crippen LogP contribution is 2.46. The number of hydrogen-bond donors (Lipinski definition) is 2. The highest BCUT2D eigenvalue weighted by molar-refractivity contribution is 7.41. The zero-order valence-electron chi connectivity index (χ0n) is 13.6. The van der Waals surface area contributed by atoms with Crippen molar-refractivity contribution in [3.8, 4) is 0 Å². The highest BCUT2D eigenvalue weighted by atomic mass is 31.1. The molecule has 3 unspecified atom stereocenters. The van der Waals surface area contributed by atoms with Crippen LogP contribution in [0.4, 0.5) is 0 Å². The van der Waals surface area contributed by atoms with Gasteiger partial charge in [0.2, 0.25) is 0 Å². The lowest BCUT2D eigenvalue weighted by Gasteiger charge is -2.21. The minimum atomic E-state index is -2.86. The third-order valence-corrected chi connectivity index (χ3v) is 5.78. The molecular weight excluding hydrogens is 323 g/mol. The SMILES string of the molecule is CC(CC(CCc1ccccc1)(C(=O)O)[P+](=O)O)c1ccccc1. The van der Waals surface area contributed by atoms with E-state index < -0.39 is 19.2 Å². The molecule has 3 atom stereocenters. The summed E-state index contributed by atoms with van der Waals surface area (Å²) in [5.74, 6) is -1.33. The topological polar surface area (TPSA) is 74.6 Å². The first-order chi connectivity index (χ1) is 11.5. The van der Waals surface area contributed by atoms with Gasteiger partial charge in [0.05, 0.1) is 0 Å².